The van der Waals surface area contributed by atoms with Gasteiger partial charge in [-0.25, -0.2) is 14.4 Å². The Kier molecular flexibility index (Phi) is 13.4. The number of nitrogens with zero attached hydrogens (tertiary/aromatic N) is 2. The lowest BCUT2D eigenvalue weighted by Crippen LogP contribution is -2.48. The lowest BCUT2D eigenvalue weighted by molar-refractivity contribution is -0.141. The minimum Gasteiger partial charge on any atom is -0.457 e. The predicted octanol–water partition coefficient (Wildman–Crippen LogP) is 8.53. The van der Waals surface area contributed by atoms with Gasteiger partial charge in [-0.3, -0.25) is 9.69 Å². The van der Waals surface area contributed by atoms with Crippen molar-refractivity contribution in [2.45, 2.75) is 85.1 Å². The van der Waals surface area contributed by atoms with Crippen LogP contribution in [0.5, 0.6) is 0 Å². The molecule has 1 aromatic heterocycles. The average Bonchev–Trinajstić information content (AvgIpc) is 3.47. The van der Waals surface area contributed by atoms with Gasteiger partial charge in [-0.15, -0.1) is 0 Å². The number of esters is 2. The van der Waals surface area contributed by atoms with E-state index in [2.05, 4.69) is 10.6 Å². The number of urea groups is 1. The number of hydrogen-bond acceptors (Lipinski definition) is 6. The third kappa shape index (κ3) is 10.2. The van der Waals surface area contributed by atoms with E-state index in [1.807, 2.05) is 105 Å². The Balaban J connectivity index is 1.16. The topological polar surface area (TPSA) is 119 Å². The molecule has 11 heteroatoms. The molecule has 1 atom stereocenters. The standard InChI is InChI=1S/C43H49ClN4O6/c1-29-34(40(50)54-43(3,4)5)27-36(32-19-11-7-12-20-32)47(29)26-24-45-37(49)23-13-8-16-25-48-30(2)38(41(51)53-28-31-17-9-6-10-18-31)39(46-42(48)52)33-21-14-15-22-35(33)44/h6-7,9-12,14-15,17-22,27,39H,8,13,16,23-26,28H2,1-5H3,(H,45,49)(H,46,52). The number of allylic oxidation sites excluding steroid dienone is 1. The fourth-order valence-corrected chi connectivity index (χ4v) is 6.75. The lowest BCUT2D eigenvalue weighted by Gasteiger charge is -2.35. The first-order chi connectivity index (χ1) is 25.8. The largest absolute Gasteiger partial charge is 0.457 e. The molecule has 5 rings (SSSR count). The quantitative estimate of drug-likeness (QED) is 0.0929. The van der Waals surface area contributed by atoms with Crippen molar-refractivity contribution in [1.82, 2.24) is 20.1 Å². The van der Waals surface area contributed by atoms with E-state index in [1.54, 1.807) is 30.0 Å². The molecule has 284 valence electrons. The third-order valence-corrected chi connectivity index (χ3v) is 9.59. The first-order valence-electron chi connectivity index (χ1n) is 18.3. The van der Waals surface area contributed by atoms with E-state index >= 15 is 0 Å². The molecule has 0 radical (unpaired) electrons. The molecule has 0 saturated heterocycles. The van der Waals surface area contributed by atoms with E-state index in [-0.39, 0.29) is 24.5 Å². The van der Waals surface area contributed by atoms with Gasteiger partial charge in [0.2, 0.25) is 5.91 Å². The molecule has 0 fully saturated rings. The lowest BCUT2D eigenvalue weighted by atomic mass is 9.94. The number of rotatable bonds is 15. The van der Waals surface area contributed by atoms with Crippen LogP contribution in [0.25, 0.3) is 11.3 Å². The molecule has 0 saturated carbocycles. The van der Waals surface area contributed by atoms with E-state index in [4.69, 9.17) is 21.1 Å². The van der Waals surface area contributed by atoms with E-state index in [0.717, 1.165) is 22.5 Å². The minimum atomic E-state index is -0.766. The Labute approximate surface area is 322 Å². The van der Waals surface area contributed by atoms with E-state index in [9.17, 15) is 19.2 Å². The molecule has 0 spiro atoms. The minimum absolute atomic E-state index is 0.0775. The maximum absolute atomic E-state index is 13.6. The highest BCUT2D eigenvalue weighted by atomic mass is 35.5. The van der Waals surface area contributed by atoms with Gasteiger partial charge in [-0.05, 0) is 76.3 Å². The number of halogens is 1. The number of unbranched alkanes of at least 4 members (excludes halogenated alkanes) is 2. The number of ether oxygens (including phenoxy) is 2. The zero-order chi connectivity index (χ0) is 38.8. The van der Waals surface area contributed by atoms with Crippen molar-refractivity contribution in [3.63, 3.8) is 0 Å². The van der Waals surface area contributed by atoms with Gasteiger partial charge in [0.25, 0.3) is 0 Å². The number of benzene rings is 3. The second-order valence-corrected chi connectivity index (χ2v) is 14.7. The van der Waals surface area contributed by atoms with E-state index in [1.165, 1.54) is 0 Å². The monoisotopic (exact) mass is 752 g/mol. The second kappa shape index (κ2) is 18.1. The molecule has 1 aliphatic heterocycles. The number of carbonyl (C=O) groups excluding carboxylic acids is 4. The van der Waals surface area contributed by atoms with E-state index < -0.39 is 17.6 Å². The van der Waals surface area contributed by atoms with Crippen LogP contribution < -0.4 is 10.6 Å². The predicted molar refractivity (Wildman–Crippen MR) is 210 cm³/mol. The van der Waals surface area contributed by atoms with Crippen molar-refractivity contribution >= 4 is 35.5 Å². The molecule has 2 N–H and O–H groups in total. The highest BCUT2D eigenvalue weighted by Crippen LogP contribution is 2.35. The van der Waals surface area contributed by atoms with Crippen molar-refractivity contribution in [3.8, 4) is 11.3 Å². The molecular formula is C43H49ClN4O6. The smallest absolute Gasteiger partial charge is 0.340 e. The summed E-state index contributed by atoms with van der Waals surface area (Å²) in [6.45, 7) is 10.5. The van der Waals surface area contributed by atoms with Crippen molar-refractivity contribution in [2.24, 2.45) is 0 Å². The van der Waals surface area contributed by atoms with Gasteiger partial charge in [0.05, 0.1) is 17.2 Å². The van der Waals surface area contributed by atoms with Crippen molar-refractivity contribution in [3.05, 3.63) is 130 Å². The fraction of sp³-hybridized carbons (Fsp3) is 0.349. The van der Waals surface area contributed by atoms with Crippen LogP contribution >= 0.6 is 11.6 Å². The second-order valence-electron chi connectivity index (χ2n) is 14.3. The normalized spacial score (nSPS) is 14.4. The molecule has 2 heterocycles. The molecule has 1 unspecified atom stereocenters. The van der Waals surface area contributed by atoms with Crippen LogP contribution in [0.15, 0.2) is 102 Å². The first-order valence-corrected chi connectivity index (χ1v) is 18.7. The van der Waals surface area contributed by atoms with Crippen LogP contribution in [0, 0.1) is 6.92 Å². The molecule has 0 bridgehead atoms. The number of hydrogen-bond donors (Lipinski definition) is 2. The number of carbonyl (C=O) groups is 4. The zero-order valence-corrected chi connectivity index (χ0v) is 32.4. The molecule has 1 aliphatic rings. The number of nitrogens with one attached hydrogen (secondary N) is 2. The third-order valence-electron chi connectivity index (χ3n) is 9.24. The first kappa shape index (κ1) is 39.8. The highest BCUT2D eigenvalue weighted by molar-refractivity contribution is 6.31. The Morgan fingerprint density at radius 1 is 0.852 bits per heavy atom. The summed E-state index contributed by atoms with van der Waals surface area (Å²) in [6.07, 6.45) is 2.27. The summed E-state index contributed by atoms with van der Waals surface area (Å²) in [4.78, 5) is 54.4. The average molecular weight is 753 g/mol. The summed E-state index contributed by atoms with van der Waals surface area (Å²) in [5.74, 6) is -0.992. The summed E-state index contributed by atoms with van der Waals surface area (Å²) in [5, 5.41) is 6.41. The van der Waals surface area contributed by atoms with Crippen LogP contribution in [-0.2, 0) is 32.2 Å². The molecule has 3 amide bonds. The maximum Gasteiger partial charge on any atom is 0.340 e. The van der Waals surface area contributed by atoms with Gasteiger partial charge < -0.3 is 24.7 Å². The number of amides is 3. The van der Waals surface area contributed by atoms with Crippen LogP contribution in [0.3, 0.4) is 0 Å². The van der Waals surface area contributed by atoms with Crippen LogP contribution in [0.4, 0.5) is 4.79 Å². The maximum atomic E-state index is 13.6. The molecule has 4 aromatic rings. The molecule has 10 nitrogen and oxygen atoms in total. The fourth-order valence-electron chi connectivity index (χ4n) is 6.51. The molecular weight excluding hydrogens is 704 g/mol. The summed E-state index contributed by atoms with van der Waals surface area (Å²) >= 11 is 6.52. The van der Waals surface area contributed by atoms with Gasteiger partial charge in [0.1, 0.15) is 12.2 Å². The summed E-state index contributed by atoms with van der Waals surface area (Å²) in [5.41, 5.74) is 4.77. The van der Waals surface area contributed by atoms with Crippen LogP contribution in [-0.4, -0.2) is 52.0 Å². The van der Waals surface area contributed by atoms with Crippen LogP contribution in [0.2, 0.25) is 5.02 Å². The van der Waals surface area contributed by atoms with Crippen molar-refractivity contribution in [1.29, 1.82) is 0 Å². The molecule has 0 aliphatic carbocycles. The Hall–Kier alpha value is -5.35. The number of aromatic nitrogens is 1. The Morgan fingerprint density at radius 3 is 2.20 bits per heavy atom. The molecule has 54 heavy (non-hydrogen) atoms. The summed E-state index contributed by atoms with van der Waals surface area (Å²) in [7, 11) is 0. The van der Waals surface area contributed by atoms with Gasteiger partial charge in [0.15, 0.2) is 0 Å². The SMILES string of the molecule is CC1=C(C(=O)OCc2ccccc2)C(c2ccccc2Cl)NC(=O)N1CCCCCC(=O)NCCn1c(-c2ccccc2)cc(C(=O)OC(C)(C)C)c1C. The van der Waals surface area contributed by atoms with Crippen molar-refractivity contribution < 1.29 is 28.7 Å². The zero-order valence-electron chi connectivity index (χ0n) is 31.6. The van der Waals surface area contributed by atoms with Crippen LogP contribution in [0.1, 0.15) is 86.6 Å². The summed E-state index contributed by atoms with van der Waals surface area (Å²) in [6, 6.07) is 27.1. The van der Waals surface area contributed by atoms with Gasteiger partial charge in [-0.1, -0.05) is 96.9 Å². The van der Waals surface area contributed by atoms with Gasteiger partial charge in [0, 0.05) is 48.2 Å². The summed E-state index contributed by atoms with van der Waals surface area (Å²) < 4.78 is 13.4. The highest BCUT2D eigenvalue weighted by Gasteiger charge is 2.37. The van der Waals surface area contributed by atoms with Crippen molar-refractivity contribution in [2.75, 3.05) is 13.1 Å². The van der Waals surface area contributed by atoms with E-state index in [0.29, 0.717) is 72.7 Å². The van der Waals surface area contributed by atoms with Gasteiger partial charge >= 0.3 is 18.0 Å². The Morgan fingerprint density at radius 2 is 1.52 bits per heavy atom. The van der Waals surface area contributed by atoms with Gasteiger partial charge in [-0.2, -0.15) is 0 Å². The Bertz CT molecular complexity index is 1980. The molecule has 3 aromatic carbocycles.